The van der Waals surface area contributed by atoms with Crippen LogP contribution in [0.3, 0.4) is 0 Å². The summed E-state index contributed by atoms with van der Waals surface area (Å²) in [6.45, 7) is 0. The van der Waals surface area contributed by atoms with Gasteiger partial charge in [-0.3, -0.25) is 0 Å². The van der Waals surface area contributed by atoms with Crippen molar-refractivity contribution in [3.05, 3.63) is 71.3 Å². The number of hydrogen-bond acceptors (Lipinski definition) is 1. The summed E-state index contributed by atoms with van der Waals surface area (Å²) >= 11 is 0. The van der Waals surface area contributed by atoms with E-state index in [0.717, 1.165) is 5.92 Å². The van der Waals surface area contributed by atoms with Gasteiger partial charge in [0.15, 0.2) is 0 Å². The number of benzene rings is 2. The highest BCUT2D eigenvalue weighted by molar-refractivity contribution is 5.30. The third-order valence-electron chi connectivity index (χ3n) is 4.91. The van der Waals surface area contributed by atoms with Gasteiger partial charge in [-0.1, -0.05) is 54.6 Å². The highest BCUT2D eigenvalue weighted by Crippen LogP contribution is 2.29. The van der Waals surface area contributed by atoms with Gasteiger partial charge in [0, 0.05) is 6.04 Å². The fourth-order valence-corrected chi connectivity index (χ4v) is 3.65. The zero-order valence-electron chi connectivity index (χ0n) is 12.9. The summed E-state index contributed by atoms with van der Waals surface area (Å²) in [5, 5.41) is 3.57. The lowest BCUT2D eigenvalue weighted by Gasteiger charge is -2.31. The summed E-state index contributed by atoms with van der Waals surface area (Å²) in [5.74, 6) is 0.772. The first-order chi connectivity index (χ1) is 10.4. The van der Waals surface area contributed by atoms with Gasteiger partial charge in [-0.2, -0.15) is 0 Å². The molecular weight excluding hydrogens is 254 g/mol. The molecule has 1 heteroatoms. The van der Waals surface area contributed by atoms with Gasteiger partial charge < -0.3 is 5.32 Å². The Morgan fingerprint density at radius 1 is 1.00 bits per heavy atom. The molecule has 0 amide bonds. The van der Waals surface area contributed by atoms with Crippen molar-refractivity contribution in [3.8, 4) is 0 Å². The average Bonchev–Trinajstić information content (AvgIpc) is 2.56. The molecule has 0 saturated carbocycles. The van der Waals surface area contributed by atoms with Crippen LogP contribution in [0.25, 0.3) is 0 Å². The summed E-state index contributed by atoms with van der Waals surface area (Å²) in [5.41, 5.74) is 4.58. The highest BCUT2D eigenvalue weighted by atomic mass is 14.9. The van der Waals surface area contributed by atoms with Crippen LogP contribution in [0.15, 0.2) is 54.6 Å². The quantitative estimate of drug-likeness (QED) is 0.872. The maximum Gasteiger partial charge on any atom is 0.00987 e. The third-order valence-corrected chi connectivity index (χ3v) is 4.91. The molecule has 0 aromatic heterocycles. The molecule has 0 aliphatic heterocycles. The first-order valence-electron chi connectivity index (χ1n) is 8.15. The molecule has 3 rings (SSSR count). The Labute approximate surface area is 128 Å². The largest absolute Gasteiger partial charge is 0.317 e. The number of nitrogens with one attached hydrogen (secondary N) is 1. The summed E-state index contributed by atoms with van der Waals surface area (Å²) in [6.07, 6.45) is 6.19. The van der Waals surface area contributed by atoms with Crippen LogP contribution in [0, 0.1) is 5.92 Å². The van der Waals surface area contributed by atoms with Crippen LogP contribution in [0.1, 0.15) is 29.5 Å². The van der Waals surface area contributed by atoms with Crippen molar-refractivity contribution < 1.29 is 0 Å². The second kappa shape index (κ2) is 6.91. The molecule has 21 heavy (non-hydrogen) atoms. The Morgan fingerprint density at radius 3 is 2.48 bits per heavy atom. The fraction of sp³-hybridized carbons (Fsp3) is 0.400. The summed E-state index contributed by atoms with van der Waals surface area (Å²) in [4.78, 5) is 0. The second-order valence-corrected chi connectivity index (χ2v) is 6.19. The normalized spacial score (nSPS) is 19.0. The average molecular weight is 279 g/mol. The van der Waals surface area contributed by atoms with E-state index in [1.807, 2.05) is 0 Å². The van der Waals surface area contributed by atoms with Crippen molar-refractivity contribution >= 4 is 0 Å². The van der Waals surface area contributed by atoms with E-state index in [4.69, 9.17) is 0 Å². The van der Waals surface area contributed by atoms with Gasteiger partial charge in [0.05, 0.1) is 0 Å². The summed E-state index contributed by atoms with van der Waals surface area (Å²) in [7, 11) is 2.12. The van der Waals surface area contributed by atoms with Crippen molar-refractivity contribution in [2.75, 3.05) is 7.05 Å². The highest BCUT2D eigenvalue weighted by Gasteiger charge is 2.24. The van der Waals surface area contributed by atoms with Crippen molar-refractivity contribution in [1.29, 1.82) is 0 Å². The molecule has 1 nitrogen and oxygen atoms in total. The molecule has 110 valence electrons. The lowest BCUT2D eigenvalue weighted by Crippen LogP contribution is -2.37. The molecule has 0 bridgehead atoms. The molecular formula is C20H25N. The van der Waals surface area contributed by atoms with E-state index in [1.54, 1.807) is 11.1 Å². The predicted octanol–water partition coefficient (Wildman–Crippen LogP) is 4.01. The number of hydrogen-bond donors (Lipinski definition) is 1. The lowest BCUT2D eigenvalue weighted by atomic mass is 9.78. The van der Waals surface area contributed by atoms with E-state index in [1.165, 1.54) is 37.7 Å². The zero-order chi connectivity index (χ0) is 14.5. The molecule has 0 fully saturated rings. The topological polar surface area (TPSA) is 12.0 Å². The Bertz CT molecular complexity index is 561. The lowest BCUT2D eigenvalue weighted by molar-refractivity contribution is 0.320. The van der Waals surface area contributed by atoms with Gasteiger partial charge in [0.1, 0.15) is 0 Å². The molecule has 2 atom stereocenters. The van der Waals surface area contributed by atoms with Gasteiger partial charge >= 0.3 is 0 Å². The van der Waals surface area contributed by atoms with Gasteiger partial charge in [-0.05, 0) is 61.8 Å². The Kier molecular flexibility index (Phi) is 4.72. The first-order valence-corrected chi connectivity index (χ1v) is 8.15. The molecule has 2 aromatic carbocycles. The van der Waals surface area contributed by atoms with E-state index < -0.39 is 0 Å². The van der Waals surface area contributed by atoms with E-state index in [0.29, 0.717) is 6.04 Å². The van der Waals surface area contributed by atoms with E-state index in [2.05, 4.69) is 67.0 Å². The first kappa shape index (κ1) is 14.3. The number of rotatable bonds is 5. The minimum Gasteiger partial charge on any atom is -0.317 e. The third kappa shape index (κ3) is 3.54. The van der Waals surface area contributed by atoms with E-state index in [-0.39, 0.29) is 0 Å². The minimum absolute atomic E-state index is 0.624. The zero-order valence-corrected chi connectivity index (χ0v) is 12.9. The molecule has 1 aliphatic carbocycles. The van der Waals surface area contributed by atoms with Crippen LogP contribution in [-0.4, -0.2) is 13.1 Å². The Balaban J connectivity index is 1.62. The van der Waals surface area contributed by atoms with Crippen LogP contribution in [0.4, 0.5) is 0 Å². The minimum atomic E-state index is 0.624. The molecule has 2 aromatic rings. The van der Waals surface area contributed by atoms with Gasteiger partial charge in [0.2, 0.25) is 0 Å². The van der Waals surface area contributed by atoms with Crippen LogP contribution in [0.5, 0.6) is 0 Å². The molecule has 1 N–H and O–H groups in total. The van der Waals surface area contributed by atoms with Crippen molar-refractivity contribution in [2.45, 2.75) is 38.1 Å². The molecule has 0 spiro atoms. The molecule has 2 unspecified atom stereocenters. The van der Waals surface area contributed by atoms with Gasteiger partial charge in [-0.15, -0.1) is 0 Å². The van der Waals surface area contributed by atoms with Gasteiger partial charge in [0.25, 0.3) is 0 Å². The monoisotopic (exact) mass is 279 g/mol. The van der Waals surface area contributed by atoms with Gasteiger partial charge in [-0.25, -0.2) is 0 Å². The van der Waals surface area contributed by atoms with Crippen molar-refractivity contribution in [2.24, 2.45) is 5.92 Å². The van der Waals surface area contributed by atoms with Crippen molar-refractivity contribution in [1.82, 2.24) is 5.32 Å². The van der Waals surface area contributed by atoms with E-state index in [9.17, 15) is 0 Å². The molecule has 1 aliphatic rings. The molecule has 0 heterocycles. The van der Waals surface area contributed by atoms with Crippen LogP contribution in [0.2, 0.25) is 0 Å². The van der Waals surface area contributed by atoms with Crippen LogP contribution >= 0.6 is 0 Å². The van der Waals surface area contributed by atoms with Crippen molar-refractivity contribution in [3.63, 3.8) is 0 Å². The maximum atomic E-state index is 3.57. The standard InChI is InChI=1S/C20H25N/c1-21-20(14-11-16-7-3-2-4-8-16)19-13-12-17-9-5-6-10-18(17)15-19/h2-10,19-21H,11-15H2,1H3. The Hall–Kier alpha value is -1.60. The smallest absolute Gasteiger partial charge is 0.00987 e. The number of fused-ring (bicyclic) bond motifs is 1. The summed E-state index contributed by atoms with van der Waals surface area (Å²) in [6, 6.07) is 20.4. The second-order valence-electron chi connectivity index (χ2n) is 6.19. The SMILES string of the molecule is CNC(CCc1ccccc1)C1CCc2ccccc2C1. The fourth-order valence-electron chi connectivity index (χ4n) is 3.65. The molecule has 0 saturated heterocycles. The van der Waals surface area contributed by atoms with Crippen LogP contribution < -0.4 is 5.32 Å². The predicted molar refractivity (Wildman–Crippen MR) is 89.6 cm³/mol. The molecule has 0 radical (unpaired) electrons. The summed E-state index contributed by atoms with van der Waals surface area (Å²) < 4.78 is 0. The number of aryl methyl sites for hydroxylation is 2. The van der Waals surface area contributed by atoms with Crippen LogP contribution in [-0.2, 0) is 19.3 Å². The van der Waals surface area contributed by atoms with E-state index >= 15 is 0 Å². The maximum absolute atomic E-state index is 3.57. The Morgan fingerprint density at radius 2 is 1.71 bits per heavy atom.